The Hall–Kier alpha value is -2.57. The van der Waals surface area contributed by atoms with Gasteiger partial charge in [0.2, 0.25) is 0 Å². The second-order valence-corrected chi connectivity index (χ2v) is 4.66. The summed E-state index contributed by atoms with van der Waals surface area (Å²) in [7, 11) is 1.56. The molecule has 4 N–H and O–H groups in total. The lowest BCUT2D eigenvalue weighted by molar-refractivity contribution is -0.830. The number of ketones is 1. The molecule has 0 aliphatic heterocycles. The van der Waals surface area contributed by atoms with Gasteiger partial charge in [-0.3, -0.25) is 4.79 Å². The average molecular weight is 302 g/mol. The zero-order valence-electron chi connectivity index (χ0n) is 12.1. The van der Waals surface area contributed by atoms with Crippen LogP contribution in [0.25, 0.3) is 0 Å². The zero-order chi connectivity index (χ0) is 15.9. The number of quaternary nitrogens is 1. The van der Waals surface area contributed by atoms with Crippen LogP contribution in [0.3, 0.4) is 0 Å². The molecule has 0 saturated heterocycles. The molecule has 0 spiro atoms. The molecule has 0 radical (unpaired) electrons. The van der Waals surface area contributed by atoms with E-state index in [9.17, 15) is 9.18 Å². The van der Waals surface area contributed by atoms with Crippen LogP contribution in [0.2, 0.25) is 0 Å². The first-order valence-corrected chi connectivity index (χ1v) is 6.66. The van der Waals surface area contributed by atoms with Crippen LogP contribution in [0.15, 0.2) is 53.5 Å². The molecule has 5 nitrogen and oxygen atoms in total. The second kappa shape index (κ2) is 7.44. The van der Waals surface area contributed by atoms with E-state index < -0.39 is 0 Å². The van der Waals surface area contributed by atoms with Gasteiger partial charge in [0.25, 0.3) is 0 Å². The van der Waals surface area contributed by atoms with E-state index in [0.29, 0.717) is 11.3 Å². The fourth-order valence-electron chi connectivity index (χ4n) is 1.91. The maximum absolute atomic E-state index is 12.8. The Bertz CT molecular complexity index is 684. The number of benzene rings is 2. The molecule has 0 aliphatic rings. The smallest absolute Gasteiger partial charge is 0.170 e. The van der Waals surface area contributed by atoms with Gasteiger partial charge in [-0.1, -0.05) is 6.07 Å². The molecular formula is C16H17FN3O2+. The van der Waals surface area contributed by atoms with Crippen molar-refractivity contribution >= 4 is 23.0 Å². The highest BCUT2D eigenvalue weighted by Gasteiger charge is 2.08. The summed E-state index contributed by atoms with van der Waals surface area (Å²) in [6.07, 6.45) is -0.0240. The van der Waals surface area contributed by atoms with Crippen molar-refractivity contribution in [1.29, 1.82) is 0 Å². The Labute approximate surface area is 127 Å². The molecule has 22 heavy (non-hydrogen) atoms. The minimum atomic E-state index is -0.385. The van der Waals surface area contributed by atoms with E-state index in [-0.39, 0.29) is 23.9 Å². The van der Waals surface area contributed by atoms with Gasteiger partial charge in [0, 0.05) is 17.7 Å². The van der Waals surface area contributed by atoms with Crippen molar-refractivity contribution in [2.45, 2.75) is 6.42 Å². The van der Waals surface area contributed by atoms with E-state index in [0.717, 1.165) is 5.69 Å². The maximum atomic E-state index is 12.8. The molecule has 0 aliphatic carbocycles. The van der Waals surface area contributed by atoms with Crippen LogP contribution >= 0.6 is 0 Å². The normalized spacial score (nSPS) is 11.5. The van der Waals surface area contributed by atoms with E-state index in [1.165, 1.54) is 24.3 Å². The number of carbonyl (C=O) groups is 1. The highest BCUT2D eigenvalue weighted by molar-refractivity contribution is 6.09. The first-order chi connectivity index (χ1) is 10.6. The van der Waals surface area contributed by atoms with Crippen LogP contribution in [0.5, 0.6) is 0 Å². The van der Waals surface area contributed by atoms with Crippen LogP contribution in [0.4, 0.5) is 15.8 Å². The topological polar surface area (TPSA) is 81.3 Å². The molecule has 0 aromatic heterocycles. The maximum Gasteiger partial charge on any atom is 0.170 e. The van der Waals surface area contributed by atoms with Crippen LogP contribution in [-0.4, -0.2) is 18.7 Å². The molecule has 0 heterocycles. The number of nitrogens with two attached hydrogens (primary N) is 2. The predicted molar refractivity (Wildman–Crippen MR) is 81.7 cm³/mol. The van der Waals surface area contributed by atoms with Gasteiger partial charge >= 0.3 is 0 Å². The van der Waals surface area contributed by atoms with Crippen molar-refractivity contribution in [2.24, 2.45) is 10.7 Å². The number of amidine groups is 1. The first-order valence-electron chi connectivity index (χ1n) is 6.66. The lowest BCUT2D eigenvalue weighted by atomic mass is 10.1. The SMILES string of the molecule is CO[NH2+]c1cccc(N=C(N)CC(=O)c2ccc(F)cc2)c1. The van der Waals surface area contributed by atoms with Gasteiger partial charge in [-0.25, -0.2) is 14.2 Å². The Balaban J connectivity index is 2.07. The van der Waals surface area contributed by atoms with Gasteiger partial charge in [0.1, 0.15) is 11.7 Å². The van der Waals surface area contributed by atoms with Crippen molar-refractivity contribution in [2.75, 3.05) is 7.11 Å². The summed E-state index contributed by atoms with van der Waals surface area (Å²) in [5.41, 5.74) is 9.28. The average Bonchev–Trinajstić information content (AvgIpc) is 2.48. The van der Waals surface area contributed by atoms with Crippen LogP contribution in [-0.2, 0) is 4.84 Å². The molecular weight excluding hydrogens is 285 g/mol. The van der Waals surface area contributed by atoms with E-state index >= 15 is 0 Å². The molecule has 2 aromatic carbocycles. The number of nitrogens with zero attached hydrogens (tertiary/aromatic N) is 1. The lowest BCUT2D eigenvalue weighted by Gasteiger charge is -2.02. The summed E-state index contributed by atoms with van der Waals surface area (Å²) >= 11 is 0. The van der Waals surface area contributed by atoms with E-state index in [4.69, 9.17) is 10.6 Å². The van der Waals surface area contributed by atoms with Crippen LogP contribution in [0, 0.1) is 5.82 Å². The minimum Gasteiger partial charge on any atom is -0.387 e. The summed E-state index contributed by atoms with van der Waals surface area (Å²) in [4.78, 5) is 21.2. The van der Waals surface area contributed by atoms with E-state index in [1.54, 1.807) is 24.7 Å². The molecule has 0 amide bonds. The third-order valence-corrected chi connectivity index (χ3v) is 2.90. The number of rotatable bonds is 6. The second-order valence-electron chi connectivity index (χ2n) is 4.66. The number of Topliss-reactive ketones (excluding diaryl/α,β-unsaturated/α-hetero) is 1. The quantitative estimate of drug-likeness (QED) is 0.281. The largest absolute Gasteiger partial charge is 0.387 e. The van der Waals surface area contributed by atoms with Crippen molar-refractivity contribution < 1.29 is 19.5 Å². The number of hydrogen-bond donors (Lipinski definition) is 2. The highest BCUT2D eigenvalue weighted by Crippen LogP contribution is 2.15. The lowest BCUT2D eigenvalue weighted by Crippen LogP contribution is -2.75. The third kappa shape index (κ3) is 4.47. The fourth-order valence-corrected chi connectivity index (χ4v) is 1.91. The van der Waals surface area contributed by atoms with Gasteiger partial charge in [-0.2, -0.15) is 5.48 Å². The van der Waals surface area contributed by atoms with Gasteiger partial charge < -0.3 is 5.73 Å². The monoisotopic (exact) mass is 302 g/mol. The summed E-state index contributed by atoms with van der Waals surface area (Å²) in [6.45, 7) is 0. The Kier molecular flexibility index (Phi) is 5.35. The van der Waals surface area contributed by atoms with Crippen molar-refractivity contribution in [3.63, 3.8) is 0 Å². The molecule has 0 bridgehead atoms. The Morgan fingerprint density at radius 3 is 2.68 bits per heavy atom. The summed E-state index contributed by atoms with van der Waals surface area (Å²) in [5.74, 6) is -0.394. The van der Waals surface area contributed by atoms with Gasteiger partial charge in [-0.05, 0) is 30.3 Å². The zero-order valence-corrected chi connectivity index (χ0v) is 12.1. The Morgan fingerprint density at radius 1 is 1.27 bits per heavy atom. The first kappa shape index (κ1) is 15.8. The molecule has 0 fully saturated rings. The van der Waals surface area contributed by atoms with Gasteiger partial charge in [0.15, 0.2) is 11.5 Å². The summed E-state index contributed by atoms with van der Waals surface area (Å²) in [5, 5.41) is 0. The van der Waals surface area contributed by atoms with Gasteiger partial charge in [-0.15, -0.1) is 0 Å². The molecule has 0 saturated carbocycles. The number of carbonyl (C=O) groups excluding carboxylic acids is 1. The van der Waals surface area contributed by atoms with Crippen LogP contribution < -0.4 is 11.2 Å². The molecule has 2 rings (SSSR count). The summed E-state index contributed by atoms with van der Waals surface area (Å²) in [6, 6.07) is 12.6. The molecule has 114 valence electrons. The summed E-state index contributed by atoms with van der Waals surface area (Å²) < 4.78 is 12.8. The van der Waals surface area contributed by atoms with Crippen molar-refractivity contribution in [1.82, 2.24) is 0 Å². The molecule has 0 unspecified atom stereocenters. The van der Waals surface area contributed by atoms with Crippen LogP contribution in [0.1, 0.15) is 16.8 Å². The van der Waals surface area contributed by atoms with Gasteiger partial charge in [0.05, 0.1) is 19.2 Å². The van der Waals surface area contributed by atoms with E-state index in [1.807, 2.05) is 12.1 Å². The Morgan fingerprint density at radius 2 is 2.00 bits per heavy atom. The van der Waals surface area contributed by atoms with E-state index in [2.05, 4.69) is 4.99 Å². The minimum absolute atomic E-state index is 0.0240. The molecule has 2 aromatic rings. The predicted octanol–water partition coefficient (Wildman–Crippen LogP) is 1.84. The van der Waals surface area contributed by atoms with Crippen molar-refractivity contribution in [3.8, 4) is 0 Å². The fraction of sp³-hybridized carbons (Fsp3) is 0.125. The number of aliphatic imine (C=N–C) groups is 1. The molecule has 0 atom stereocenters. The number of halogens is 1. The standard InChI is InChI=1S/C16H16FN3O2/c1-22-20-14-4-2-3-13(9-14)19-16(18)10-15(21)11-5-7-12(17)8-6-11/h2-9,20H,10H2,1H3,(H2,18,19)/p+1. The number of hydrogen-bond acceptors (Lipinski definition) is 3. The highest BCUT2D eigenvalue weighted by atomic mass is 19.1. The third-order valence-electron chi connectivity index (χ3n) is 2.90. The molecule has 6 heteroatoms. The van der Waals surface area contributed by atoms with Crippen molar-refractivity contribution in [3.05, 3.63) is 59.9 Å².